The second-order valence-electron chi connectivity index (χ2n) is 4.71. The molecule has 0 spiro atoms. The molecule has 2 atom stereocenters. The van der Waals surface area contributed by atoms with E-state index in [2.05, 4.69) is 15.5 Å². The van der Waals surface area contributed by atoms with Crippen molar-refractivity contribution in [2.45, 2.75) is 18.0 Å². The molecule has 15 heavy (non-hydrogen) atoms. The van der Waals surface area contributed by atoms with Crippen LogP contribution in [-0.2, 0) is 4.57 Å². The second kappa shape index (κ2) is 4.11. The third-order valence-electron chi connectivity index (χ3n) is 3.20. The van der Waals surface area contributed by atoms with E-state index in [-0.39, 0.29) is 0 Å². The topological polar surface area (TPSA) is 57.8 Å². The van der Waals surface area contributed by atoms with Crippen molar-refractivity contribution in [2.24, 2.45) is 0 Å². The Hall–Kier alpha value is -0.600. The summed E-state index contributed by atoms with van der Waals surface area (Å²) in [5, 5.41) is 10.2. The highest BCUT2D eigenvalue weighted by Gasteiger charge is 2.30. The van der Waals surface area contributed by atoms with Crippen LogP contribution in [0.2, 0.25) is 0 Å². The molecule has 1 fully saturated rings. The Morgan fingerprint density at radius 3 is 2.87 bits per heavy atom. The van der Waals surface area contributed by atoms with Crippen LogP contribution in [0.3, 0.4) is 0 Å². The Labute approximate surface area is 90.2 Å². The van der Waals surface area contributed by atoms with E-state index in [1.807, 2.05) is 25.7 Å². The fraction of sp³-hybridized carbons (Fsp3) is 0.700. The minimum atomic E-state index is -1.97. The first-order valence-corrected chi connectivity index (χ1v) is 7.98. The molecule has 0 radical (unpaired) electrons. The van der Waals surface area contributed by atoms with E-state index in [4.69, 9.17) is 0 Å². The van der Waals surface area contributed by atoms with Crippen molar-refractivity contribution in [3.8, 4) is 0 Å². The van der Waals surface area contributed by atoms with Gasteiger partial charge in [0.05, 0.1) is 13.3 Å². The molecule has 84 valence electrons. The lowest BCUT2D eigenvalue weighted by Crippen LogP contribution is -2.38. The van der Waals surface area contributed by atoms with Crippen LogP contribution in [0, 0.1) is 0 Å². The summed E-state index contributed by atoms with van der Waals surface area (Å²) in [6.45, 7) is 5.63. The van der Waals surface area contributed by atoms with E-state index in [0.29, 0.717) is 11.6 Å². The molecule has 0 aliphatic carbocycles. The molecule has 0 aromatic carbocycles. The van der Waals surface area contributed by atoms with E-state index >= 15 is 0 Å². The number of nitrogens with zero attached hydrogens (tertiary/aromatic N) is 1. The fourth-order valence-electron chi connectivity index (χ4n) is 2.13. The fourth-order valence-corrected chi connectivity index (χ4v) is 3.46. The molecule has 2 N–H and O–H groups in total. The zero-order valence-electron chi connectivity index (χ0n) is 9.23. The zero-order chi connectivity index (χ0) is 10.9. The van der Waals surface area contributed by atoms with Crippen molar-refractivity contribution in [2.75, 3.05) is 26.4 Å². The summed E-state index contributed by atoms with van der Waals surface area (Å²) in [6, 6.07) is 0. The molecule has 0 saturated carbocycles. The number of aromatic nitrogens is 2. The van der Waals surface area contributed by atoms with E-state index in [9.17, 15) is 4.57 Å². The Morgan fingerprint density at radius 2 is 2.27 bits per heavy atom. The van der Waals surface area contributed by atoms with E-state index in [1.54, 1.807) is 0 Å². The molecule has 1 aromatic rings. The molecule has 1 aromatic heterocycles. The third kappa shape index (κ3) is 2.50. The van der Waals surface area contributed by atoms with E-state index < -0.39 is 7.14 Å². The Bertz CT molecular complexity index is 357. The lowest BCUT2D eigenvalue weighted by molar-refractivity contribution is 0.453. The summed E-state index contributed by atoms with van der Waals surface area (Å²) in [7, 11) is -1.97. The van der Waals surface area contributed by atoms with Gasteiger partial charge in [-0.2, -0.15) is 5.10 Å². The van der Waals surface area contributed by atoms with Gasteiger partial charge in [0, 0.05) is 30.9 Å². The Balaban J connectivity index is 2.08. The van der Waals surface area contributed by atoms with Crippen LogP contribution in [-0.4, -0.2) is 42.3 Å². The first-order chi connectivity index (χ1) is 7.07. The highest BCUT2D eigenvalue weighted by molar-refractivity contribution is 7.63. The molecule has 1 aliphatic rings. The van der Waals surface area contributed by atoms with Crippen LogP contribution in [0.25, 0.3) is 0 Å². The number of hydrogen-bond acceptors (Lipinski definition) is 3. The van der Waals surface area contributed by atoms with Crippen molar-refractivity contribution in [3.63, 3.8) is 0 Å². The average Bonchev–Trinajstić information content (AvgIpc) is 2.69. The van der Waals surface area contributed by atoms with Gasteiger partial charge < -0.3 is 9.88 Å². The van der Waals surface area contributed by atoms with Gasteiger partial charge in [-0.25, -0.2) is 0 Å². The largest absolute Gasteiger partial charge is 0.324 e. The van der Waals surface area contributed by atoms with Gasteiger partial charge in [0.25, 0.3) is 0 Å². The molecule has 2 unspecified atom stereocenters. The molecule has 1 aliphatic heterocycles. The molecule has 0 bridgehead atoms. The first-order valence-electron chi connectivity index (χ1n) is 5.31. The van der Waals surface area contributed by atoms with Gasteiger partial charge in [0.15, 0.2) is 0 Å². The molecule has 2 rings (SSSR count). The number of H-pyrrole nitrogens is 1. The van der Waals surface area contributed by atoms with Crippen LogP contribution >= 0.6 is 7.14 Å². The zero-order valence-corrected chi connectivity index (χ0v) is 10.1. The minimum absolute atomic E-state index is 0.311. The number of hydrogen-bond donors (Lipinski definition) is 2. The molecule has 5 heteroatoms. The monoisotopic (exact) mass is 227 g/mol. The normalized spacial score (nSPS) is 27.9. The van der Waals surface area contributed by atoms with Crippen LogP contribution in [0.5, 0.6) is 0 Å². The second-order valence-corrected chi connectivity index (χ2v) is 8.31. The summed E-state index contributed by atoms with van der Waals surface area (Å²) in [4.78, 5) is 0. The number of piperidine rings is 1. The summed E-state index contributed by atoms with van der Waals surface area (Å²) < 4.78 is 12.0. The van der Waals surface area contributed by atoms with Crippen LogP contribution < -0.4 is 5.32 Å². The smallest absolute Gasteiger partial charge is 0.0861 e. The summed E-state index contributed by atoms with van der Waals surface area (Å²) >= 11 is 0. The van der Waals surface area contributed by atoms with Gasteiger partial charge in [-0.3, -0.25) is 5.10 Å². The van der Waals surface area contributed by atoms with Crippen molar-refractivity contribution >= 4 is 7.14 Å². The minimum Gasteiger partial charge on any atom is -0.324 e. The molecule has 4 nitrogen and oxygen atoms in total. The first kappa shape index (κ1) is 10.9. The number of nitrogens with one attached hydrogen (secondary N) is 2. The molecule has 2 heterocycles. The lowest BCUT2D eigenvalue weighted by atomic mass is 9.94. The van der Waals surface area contributed by atoms with Gasteiger partial charge >= 0.3 is 0 Å². The maximum Gasteiger partial charge on any atom is 0.0861 e. The van der Waals surface area contributed by atoms with Crippen LogP contribution in [0.1, 0.15) is 17.9 Å². The van der Waals surface area contributed by atoms with Crippen LogP contribution in [0.15, 0.2) is 12.4 Å². The van der Waals surface area contributed by atoms with Gasteiger partial charge in [-0.05, 0) is 25.3 Å². The third-order valence-corrected chi connectivity index (χ3v) is 5.35. The SMILES string of the molecule is CP(C)(=O)C1CNCC(c2cn[nH]c2)C1. The molecule has 0 amide bonds. The maximum atomic E-state index is 12.0. The van der Waals surface area contributed by atoms with Gasteiger partial charge in [-0.15, -0.1) is 0 Å². The number of rotatable bonds is 2. The van der Waals surface area contributed by atoms with Crippen LogP contribution in [0.4, 0.5) is 0 Å². The average molecular weight is 227 g/mol. The van der Waals surface area contributed by atoms with Gasteiger partial charge in [0.1, 0.15) is 0 Å². The van der Waals surface area contributed by atoms with Crippen molar-refractivity contribution in [1.82, 2.24) is 15.5 Å². The predicted octanol–water partition coefficient (Wildman–Crippen LogP) is 1.48. The van der Waals surface area contributed by atoms with E-state index in [0.717, 1.165) is 19.5 Å². The van der Waals surface area contributed by atoms with Gasteiger partial charge in [0.2, 0.25) is 0 Å². The maximum absolute atomic E-state index is 12.0. The molecular weight excluding hydrogens is 209 g/mol. The summed E-state index contributed by atoms with van der Waals surface area (Å²) in [6.07, 6.45) is 4.81. The number of aromatic amines is 1. The Morgan fingerprint density at radius 1 is 1.47 bits per heavy atom. The summed E-state index contributed by atoms with van der Waals surface area (Å²) in [5.41, 5.74) is 1.53. The van der Waals surface area contributed by atoms with Crippen molar-refractivity contribution < 1.29 is 4.57 Å². The highest BCUT2D eigenvalue weighted by atomic mass is 31.2. The standard InChI is InChI=1S/C10H18N3OP/c1-15(2,14)10-3-8(4-11-7-10)9-5-12-13-6-9/h5-6,8,10-11H,3-4,7H2,1-2H3,(H,12,13). The summed E-state index contributed by atoms with van der Waals surface area (Å²) in [5.74, 6) is 0.454. The van der Waals surface area contributed by atoms with Crippen molar-refractivity contribution in [3.05, 3.63) is 18.0 Å². The predicted molar refractivity (Wildman–Crippen MR) is 62.1 cm³/mol. The van der Waals surface area contributed by atoms with Crippen molar-refractivity contribution in [1.29, 1.82) is 0 Å². The lowest BCUT2D eigenvalue weighted by Gasteiger charge is -2.31. The molecular formula is C10H18N3OP. The Kier molecular flexibility index (Phi) is 2.98. The molecule has 1 saturated heterocycles. The highest BCUT2D eigenvalue weighted by Crippen LogP contribution is 2.47. The quantitative estimate of drug-likeness (QED) is 0.752. The van der Waals surface area contributed by atoms with Gasteiger partial charge in [-0.1, -0.05) is 0 Å². The van der Waals surface area contributed by atoms with E-state index in [1.165, 1.54) is 5.56 Å².